The molecule has 1 atom stereocenters. The van der Waals surface area contributed by atoms with Crippen molar-refractivity contribution in [1.29, 1.82) is 0 Å². The van der Waals surface area contributed by atoms with Crippen molar-refractivity contribution < 1.29 is 14.3 Å². The van der Waals surface area contributed by atoms with Crippen molar-refractivity contribution in [2.75, 3.05) is 11.5 Å². The van der Waals surface area contributed by atoms with Gasteiger partial charge in [0, 0.05) is 17.9 Å². The molecule has 0 saturated heterocycles. The fourth-order valence-corrected chi connectivity index (χ4v) is 4.42. The first-order chi connectivity index (χ1) is 14.1. The molecule has 6 nitrogen and oxygen atoms in total. The minimum atomic E-state index is -0.663. The zero-order valence-electron chi connectivity index (χ0n) is 17.1. The molecule has 1 fully saturated rings. The van der Waals surface area contributed by atoms with E-state index in [2.05, 4.69) is 12.2 Å². The van der Waals surface area contributed by atoms with Crippen LogP contribution in [0.1, 0.15) is 51.3 Å². The monoisotopic (exact) mass is 395 g/mol. The second-order valence-corrected chi connectivity index (χ2v) is 8.12. The maximum absolute atomic E-state index is 13.4. The van der Waals surface area contributed by atoms with Gasteiger partial charge in [0.2, 0.25) is 11.8 Å². The Morgan fingerprint density at radius 2 is 1.86 bits per heavy atom. The fourth-order valence-electron chi connectivity index (χ4n) is 4.42. The molecule has 1 N–H and O–H groups in total. The number of nitrogens with one attached hydrogen (secondary N) is 1. The number of rotatable bonds is 5. The number of hydrogen-bond donors (Lipinski definition) is 1. The van der Waals surface area contributed by atoms with Gasteiger partial charge in [-0.2, -0.15) is 0 Å². The second kappa shape index (κ2) is 8.31. The van der Waals surface area contributed by atoms with Crippen LogP contribution >= 0.6 is 0 Å². The van der Waals surface area contributed by atoms with Crippen LogP contribution in [0.4, 0.5) is 5.69 Å². The number of benzene rings is 1. The summed E-state index contributed by atoms with van der Waals surface area (Å²) in [4.78, 5) is 28.0. The summed E-state index contributed by atoms with van der Waals surface area (Å²) in [6, 6.07) is 10.7. The molecule has 1 aliphatic carbocycles. The van der Waals surface area contributed by atoms with E-state index in [-0.39, 0.29) is 24.4 Å². The lowest BCUT2D eigenvalue weighted by atomic mass is 9.87. The lowest BCUT2D eigenvalue weighted by Gasteiger charge is -2.37. The lowest BCUT2D eigenvalue weighted by Crippen LogP contribution is -2.51. The average Bonchev–Trinajstić information content (AvgIpc) is 3.17. The summed E-state index contributed by atoms with van der Waals surface area (Å²) in [6.45, 7) is 5.02. The molecule has 4 rings (SSSR count). The first-order valence-corrected chi connectivity index (χ1v) is 10.6. The molecule has 2 aromatic rings. The third-order valence-corrected chi connectivity index (χ3v) is 6.01. The zero-order chi connectivity index (χ0) is 20.4. The number of nitrogens with zero attached hydrogens (tertiary/aromatic N) is 2. The summed E-state index contributed by atoms with van der Waals surface area (Å²) in [6.07, 6.45) is 6.13. The van der Waals surface area contributed by atoms with Crippen LogP contribution in [-0.4, -0.2) is 29.0 Å². The number of fused-ring (bicyclic) bond motifs is 1. The molecular formula is C23H29N3O3. The fraction of sp³-hybridized carbons (Fsp3) is 0.478. The summed E-state index contributed by atoms with van der Waals surface area (Å²) in [5.41, 5.74) is 1.56. The normalized spacial score (nSPS) is 24.1. The van der Waals surface area contributed by atoms with Crippen molar-refractivity contribution in [2.45, 2.75) is 58.2 Å². The average molecular weight is 396 g/mol. The maximum atomic E-state index is 13.4. The number of hydrogen-bond acceptors (Lipinski definition) is 3. The van der Waals surface area contributed by atoms with Gasteiger partial charge < -0.3 is 14.6 Å². The molecule has 2 aliphatic rings. The number of aromatic nitrogens is 1. The molecule has 0 radical (unpaired) electrons. The van der Waals surface area contributed by atoms with E-state index in [1.54, 1.807) is 4.90 Å². The Hall–Kier alpha value is -2.76. The van der Waals surface area contributed by atoms with Crippen molar-refractivity contribution >= 4 is 17.5 Å². The minimum Gasteiger partial charge on any atom is -0.494 e. The summed E-state index contributed by atoms with van der Waals surface area (Å²) >= 11 is 0. The van der Waals surface area contributed by atoms with Gasteiger partial charge >= 0.3 is 0 Å². The maximum Gasteiger partial charge on any atom is 0.249 e. The van der Waals surface area contributed by atoms with E-state index in [0.717, 1.165) is 43.0 Å². The van der Waals surface area contributed by atoms with Crippen molar-refractivity contribution in [3.8, 4) is 5.75 Å². The molecule has 1 aromatic heterocycles. The quantitative estimate of drug-likeness (QED) is 0.840. The largest absolute Gasteiger partial charge is 0.494 e. The molecule has 0 bridgehead atoms. The smallest absolute Gasteiger partial charge is 0.249 e. The highest BCUT2D eigenvalue weighted by Crippen LogP contribution is 2.34. The third-order valence-electron chi connectivity index (χ3n) is 6.01. The van der Waals surface area contributed by atoms with E-state index >= 15 is 0 Å². The molecule has 0 spiro atoms. The van der Waals surface area contributed by atoms with Gasteiger partial charge in [-0.3, -0.25) is 14.5 Å². The molecule has 1 aromatic carbocycles. The Labute approximate surface area is 171 Å². The third kappa shape index (κ3) is 4.02. The number of anilines is 1. The number of ether oxygens (including phenoxy) is 1. The Bertz CT molecular complexity index is 866. The van der Waals surface area contributed by atoms with Gasteiger partial charge in [0.25, 0.3) is 0 Å². The summed E-state index contributed by atoms with van der Waals surface area (Å²) in [7, 11) is 0. The highest BCUT2D eigenvalue weighted by molar-refractivity contribution is 6.02. The Morgan fingerprint density at radius 3 is 2.55 bits per heavy atom. The van der Waals surface area contributed by atoms with E-state index in [4.69, 9.17) is 4.74 Å². The van der Waals surface area contributed by atoms with E-state index in [0.29, 0.717) is 12.3 Å². The number of amides is 2. The van der Waals surface area contributed by atoms with Gasteiger partial charge in [0.1, 0.15) is 12.3 Å². The molecule has 29 heavy (non-hydrogen) atoms. The van der Waals surface area contributed by atoms with Crippen LogP contribution in [-0.2, 0) is 16.1 Å². The predicted molar refractivity (Wildman–Crippen MR) is 112 cm³/mol. The van der Waals surface area contributed by atoms with Crippen LogP contribution in [0.15, 0.2) is 42.6 Å². The van der Waals surface area contributed by atoms with Crippen LogP contribution in [0.2, 0.25) is 0 Å². The minimum absolute atomic E-state index is 0.0877. The standard InChI is InChI=1S/C23H29N3O3/c1-3-29-19-12-10-18(11-13-19)26-21(27)15-25-14-4-5-20(25)22(26)23(28)24-17-8-6-16(2)7-9-17/h4-5,10-14,16-17,22H,3,6-9,15H2,1-2H3,(H,24,28)/t16?,17?,22-/m0/s1. The number of carbonyl (C=O) groups is 2. The van der Waals surface area contributed by atoms with Crippen LogP contribution in [0, 0.1) is 5.92 Å². The topological polar surface area (TPSA) is 63.6 Å². The highest BCUT2D eigenvalue weighted by atomic mass is 16.5. The first-order valence-electron chi connectivity index (χ1n) is 10.6. The molecular weight excluding hydrogens is 366 g/mol. The number of carbonyl (C=O) groups excluding carboxylic acids is 2. The first kappa shape index (κ1) is 19.6. The van der Waals surface area contributed by atoms with Gasteiger partial charge in [0.05, 0.1) is 12.3 Å². The molecule has 1 saturated carbocycles. The summed E-state index contributed by atoms with van der Waals surface area (Å²) in [5.74, 6) is 1.28. The van der Waals surface area contributed by atoms with Gasteiger partial charge in [-0.1, -0.05) is 6.92 Å². The van der Waals surface area contributed by atoms with E-state index in [1.165, 1.54) is 0 Å². The molecule has 6 heteroatoms. The van der Waals surface area contributed by atoms with Crippen molar-refractivity contribution in [2.24, 2.45) is 5.92 Å². The van der Waals surface area contributed by atoms with Gasteiger partial charge in [-0.05, 0) is 74.9 Å². The van der Waals surface area contributed by atoms with E-state index in [1.807, 2.05) is 54.1 Å². The SMILES string of the molecule is CCOc1ccc(N2C(=O)Cn3cccc3[C@H]2C(=O)NC2CCC(C)CC2)cc1. The van der Waals surface area contributed by atoms with Crippen molar-refractivity contribution in [3.63, 3.8) is 0 Å². The summed E-state index contributed by atoms with van der Waals surface area (Å²) in [5, 5.41) is 3.22. The molecule has 2 heterocycles. The highest BCUT2D eigenvalue weighted by Gasteiger charge is 2.39. The van der Waals surface area contributed by atoms with Crippen molar-refractivity contribution in [1.82, 2.24) is 9.88 Å². The van der Waals surface area contributed by atoms with Crippen LogP contribution < -0.4 is 15.0 Å². The Balaban J connectivity index is 1.61. The van der Waals surface area contributed by atoms with Crippen LogP contribution in [0.3, 0.4) is 0 Å². The second-order valence-electron chi connectivity index (χ2n) is 8.12. The van der Waals surface area contributed by atoms with E-state index < -0.39 is 6.04 Å². The Morgan fingerprint density at radius 1 is 1.14 bits per heavy atom. The van der Waals surface area contributed by atoms with Crippen LogP contribution in [0.25, 0.3) is 0 Å². The van der Waals surface area contributed by atoms with Crippen molar-refractivity contribution in [3.05, 3.63) is 48.3 Å². The molecule has 2 amide bonds. The van der Waals surface area contributed by atoms with Crippen LogP contribution in [0.5, 0.6) is 5.75 Å². The van der Waals surface area contributed by atoms with Gasteiger partial charge in [-0.25, -0.2) is 0 Å². The summed E-state index contributed by atoms with van der Waals surface area (Å²) < 4.78 is 7.39. The van der Waals surface area contributed by atoms with Gasteiger partial charge in [0.15, 0.2) is 6.04 Å². The lowest BCUT2D eigenvalue weighted by molar-refractivity contribution is -0.128. The molecule has 0 unspecified atom stereocenters. The molecule has 154 valence electrons. The Kier molecular flexibility index (Phi) is 5.60. The predicted octanol–water partition coefficient (Wildman–Crippen LogP) is 3.67. The van der Waals surface area contributed by atoms with Gasteiger partial charge in [-0.15, -0.1) is 0 Å². The van der Waals surface area contributed by atoms with E-state index in [9.17, 15) is 9.59 Å². The molecule has 1 aliphatic heterocycles. The zero-order valence-corrected chi connectivity index (χ0v) is 17.1.